The highest BCUT2D eigenvalue weighted by atomic mass is 16.4. The molecular formula is C20H19N3O4. The molecule has 1 saturated heterocycles. The fourth-order valence-corrected chi connectivity index (χ4v) is 4.50. The van der Waals surface area contributed by atoms with Crippen molar-refractivity contribution < 1.29 is 9.21 Å². The van der Waals surface area contributed by atoms with E-state index in [9.17, 15) is 14.4 Å². The summed E-state index contributed by atoms with van der Waals surface area (Å²) < 4.78 is 8.45. The predicted octanol–water partition coefficient (Wildman–Crippen LogP) is 1.40. The number of pyridine rings is 1. The van der Waals surface area contributed by atoms with Crippen molar-refractivity contribution in [1.29, 1.82) is 0 Å². The van der Waals surface area contributed by atoms with Gasteiger partial charge in [-0.15, -0.1) is 0 Å². The summed E-state index contributed by atoms with van der Waals surface area (Å²) in [7, 11) is 0. The molecule has 1 fully saturated rings. The first-order chi connectivity index (χ1) is 13.1. The number of benzene rings is 1. The van der Waals surface area contributed by atoms with Gasteiger partial charge in [-0.2, -0.15) is 0 Å². The number of likely N-dealkylation sites (tertiary alicyclic amines) is 1. The first-order valence-electron chi connectivity index (χ1n) is 9.16. The number of piperidine rings is 1. The maximum absolute atomic E-state index is 12.9. The third kappa shape index (κ3) is 2.61. The van der Waals surface area contributed by atoms with Crippen molar-refractivity contribution in [2.75, 3.05) is 13.1 Å². The summed E-state index contributed by atoms with van der Waals surface area (Å²) in [6.07, 6.45) is 0.988. The Morgan fingerprint density at radius 3 is 2.78 bits per heavy atom. The quantitative estimate of drug-likeness (QED) is 0.688. The third-order valence-corrected chi connectivity index (χ3v) is 5.70. The lowest BCUT2D eigenvalue weighted by molar-refractivity contribution is -0.134. The highest BCUT2D eigenvalue weighted by Crippen LogP contribution is 2.35. The van der Waals surface area contributed by atoms with E-state index in [1.807, 2.05) is 21.6 Å². The molecule has 1 amide bonds. The van der Waals surface area contributed by atoms with Crippen molar-refractivity contribution in [2.45, 2.75) is 25.4 Å². The molecule has 27 heavy (non-hydrogen) atoms. The molecule has 0 saturated carbocycles. The summed E-state index contributed by atoms with van der Waals surface area (Å²) in [6.45, 7) is 1.80. The molecular weight excluding hydrogens is 346 g/mol. The Hall–Kier alpha value is -3.09. The number of oxazole rings is 1. The van der Waals surface area contributed by atoms with Crippen LogP contribution in [0.4, 0.5) is 0 Å². The molecule has 5 rings (SSSR count). The lowest BCUT2D eigenvalue weighted by Crippen LogP contribution is -2.50. The summed E-state index contributed by atoms with van der Waals surface area (Å²) >= 11 is 0. The molecule has 7 heteroatoms. The Kier molecular flexibility index (Phi) is 3.56. The van der Waals surface area contributed by atoms with Crippen molar-refractivity contribution in [3.8, 4) is 0 Å². The summed E-state index contributed by atoms with van der Waals surface area (Å²) in [5, 5.41) is 0. The predicted molar refractivity (Wildman–Crippen MR) is 98.6 cm³/mol. The van der Waals surface area contributed by atoms with Crippen LogP contribution in [0.3, 0.4) is 0 Å². The average Bonchev–Trinajstić information content (AvgIpc) is 2.98. The Morgan fingerprint density at radius 2 is 1.89 bits per heavy atom. The van der Waals surface area contributed by atoms with Gasteiger partial charge in [0.2, 0.25) is 5.91 Å². The van der Waals surface area contributed by atoms with E-state index in [1.165, 1.54) is 4.57 Å². The molecule has 138 valence electrons. The summed E-state index contributed by atoms with van der Waals surface area (Å²) in [5.41, 5.74) is 2.14. The standard InChI is InChI=1S/C20H19N3O4/c24-18-7-3-5-15-14-8-13(10-22(15)18)9-21(11-14)19(25)12-23-16-4-1-2-6-17(16)27-20(23)26/h1-7,13-14H,8-12H2. The zero-order chi connectivity index (χ0) is 18.5. The van der Waals surface area contributed by atoms with E-state index >= 15 is 0 Å². The van der Waals surface area contributed by atoms with E-state index in [2.05, 4.69) is 0 Å². The molecule has 2 atom stereocenters. The van der Waals surface area contributed by atoms with Crippen LogP contribution in [0.15, 0.2) is 56.5 Å². The number of amides is 1. The van der Waals surface area contributed by atoms with E-state index in [1.54, 1.807) is 30.3 Å². The molecule has 2 aliphatic rings. The molecule has 4 heterocycles. The Balaban J connectivity index is 1.42. The normalized spacial score (nSPS) is 21.3. The maximum atomic E-state index is 12.9. The maximum Gasteiger partial charge on any atom is 0.420 e. The minimum atomic E-state index is -0.515. The Labute approximate surface area is 154 Å². The monoisotopic (exact) mass is 365 g/mol. The van der Waals surface area contributed by atoms with Crippen LogP contribution in [0.5, 0.6) is 0 Å². The molecule has 2 aliphatic heterocycles. The summed E-state index contributed by atoms with van der Waals surface area (Å²) in [4.78, 5) is 39.0. The van der Waals surface area contributed by atoms with Crippen LogP contribution in [0.1, 0.15) is 18.0 Å². The molecule has 0 N–H and O–H groups in total. The van der Waals surface area contributed by atoms with Crippen molar-refractivity contribution >= 4 is 17.0 Å². The fourth-order valence-electron chi connectivity index (χ4n) is 4.50. The van der Waals surface area contributed by atoms with Crippen molar-refractivity contribution in [1.82, 2.24) is 14.0 Å². The van der Waals surface area contributed by atoms with Crippen molar-refractivity contribution in [2.24, 2.45) is 5.92 Å². The lowest BCUT2D eigenvalue weighted by atomic mass is 9.83. The van der Waals surface area contributed by atoms with Gasteiger partial charge in [0, 0.05) is 37.3 Å². The van der Waals surface area contributed by atoms with Gasteiger partial charge < -0.3 is 13.9 Å². The minimum absolute atomic E-state index is 0.0263. The van der Waals surface area contributed by atoms with Gasteiger partial charge in [-0.3, -0.25) is 14.2 Å². The van der Waals surface area contributed by atoms with Crippen molar-refractivity contribution in [3.05, 3.63) is 69.1 Å². The molecule has 7 nitrogen and oxygen atoms in total. The second-order valence-corrected chi connectivity index (χ2v) is 7.42. The molecule has 0 radical (unpaired) electrons. The molecule has 1 aromatic carbocycles. The first-order valence-corrected chi connectivity index (χ1v) is 9.16. The summed E-state index contributed by atoms with van der Waals surface area (Å²) in [6, 6.07) is 12.5. The average molecular weight is 365 g/mol. The number of hydrogen-bond donors (Lipinski definition) is 0. The summed E-state index contributed by atoms with van der Waals surface area (Å²) in [5.74, 6) is -0.185. The molecule has 0 aliphatic carbocycles. The number of carbonyl (C=O) groups excluding carboxylic acids is 1. The fraction of sp³-hybridized carbons (Fsp3) is 0.350. The third-order valence-electron chi connectivity index (χ3n) is 5.70. The number of carbonyl (C=O) groups is 1. The second kappa shape index (κ2) is 5.97. The molecule has 2 bridgehead atoms. The van der Waals surface area contributed by atoms with E-state index in [-0.39, 0.29) is 29.8 Å². The number of fused-ring (bicyclic) bond motifs is 5. The van der Waals surface area contributed by atoms with E-state index < -0.39 is 5.76 Å². The van der Waals surface area contributed by atoms with Crippen LogP contribution in [-0.2, 0) is 17.9 Å². The van der Waals surface area contributed by atoms with Gasteiger partial charge in [0.05, 0.1) is 5.52 Å². The second-order valence-electron chi connectivity index (χ2n) is 7.42. The van der Waals surface area contributed by atoms with Gasteiger partial charge in [-0.05, 0) is 30.5 Å². The van der Waals surface area contributed by atoms with E-state index in [0.717, 1.165) is 12.1 Å². The van der Waals surface area contributed by atoms with Gasteiger partial charge in [-0.25, -0.2) is 4.79 Å². The number of nitrogens with zero attached hydrogens (tertiary/aromatic N) is 3. The van der Waals surface area contributed by atoms with E-state index in [0.29, 0.717) is 30.7 Å². The molecule has 3 aromatic rings. The van der Waals surface area contributed by atoms with Crippen LogP contribution in [0, 0.1) is 5.92 Å². The van der Waals surface area contributed by atoms with Gasteiger partial charge in [0.1, 0.15) is 6.54 Å². The Morgan fingerprint density at radius 1 is 1.04 bits per heavy atom. The van der Waals surface area contributed by atoms with Crippen LogP contribution >= 0.6 is 0 Å². The zero-order valence-corrected chi connectivity index (χ0v) is 14.7. The number of rotatable bonds is 2. The van der Waals surface area contributed by atoms with Crippen LogP contribution in [0.2, 0.25) is 0 Å². The van der Waals surface area contributed by atoms with Crippen LogP contribution < -0.4 is 11.3 Å². The van der Waals surface area contributed by atoms with Gasteiger partial charge in [0.15, 0.2) is 5.58 Å². The Bertz CT molecular complexity index is 1160. The highest BCUT2D eigenvalue weighted by Gasteiger charge is 2.36. The van der Waals surface area contributed by atoms with Gasteiger partial charge in [0.25, 0.3) is 5.56 Å². The number of hydrogen-bond acceptors (Lipinski definition) is 4. The number of aromatic nitrogens is 2. The van der Waals surface area contributed by atoms with Crippen LogP contribution in [0.25, 0.3) is 11.1 Å². The molecule has 0 spiro atoms. The van der Waals surface area contributed by atoms with Gasteiger partial charge in [-0.1, -0.05) is 18.2 Å². The first kappa shape index (κ1) is 16.1. The lowest BCUT2D eigenvalue weighted by Gasteiger charge is -2.42. The largest absolute Gasteiger partial charge is 0.420 e. The zero-order valence-electron chi connectivity index (χ0n) is 14.7. The van der Waals surface area contributed by atoms with E-state index in [4.69, 9.17) is 4.42 Å². The SMILES string of the molecule is O=C(Cn1c(=O)oc2ccccc21)N1CC2CC(C1)c1cccc(=O)n1C2. The molecule has 2 aromatic heterocycles. The highest BCUT2D eigenvalue weighted by molar-refractivity contribution is 5.79. The molecule has 2 unspecified atom stereocenters. The van der Waals surface area contributed by atoms with Gasteiger partial charge >= 0.3 is 5.76 Å². The minimum Gasteiger partial charge on any atom is -0.408 e. The topological polar surface area (TPSA) is 77.5 Å². The smallest absolute Gasteiger partial charge is 0.408 e. The number of para-hydroxylation sites is 2. The van der Waals surface area contributed by atoms with Crippen molar-refractivity contribution in [3.63, 3.8) is 0 Å². The van der Waals surface area contributed by atoms with Crippen LogP contribution in [-0.4, -0.2) is 33.0 Å².